The molecule has 0 fully saturated rings. The number of aromatic nitrogens is 2. The summed E-state index contributed by atoms with van der Waals surface area (Å²) in [6, 6.07) is 4.77. The molecule has 150 valence electrons. The number of thioether (sulfide) groups is 1. The monoisotopic (exact) mass is 403 g/mol. The van der Waals surface area contributed by atoms with Crippen molar-refractivity contribution in [3.63, 3.8) is 0 Å². The molecule has 1 heterocycles. The van der Waals surface area contributed by atoms with Gasteiger partial charge in [0.15, 0.2) is 0 Å². The molecule has 8 nitrogen and oxygen atoms in total. The van der Waals surface area contributed by atoms with E-state index >= 15 is 0 Å². The number of hydrazone groups is 1. The van der Waals surface area contributed by atoms with E-state index in [9.17, 15) is 9.59 Å². The summed E-state index contributed by atoms with van der Waals surface area (Å²) in [5.41, 5.74) is 3.99. The van der Waals surface area contributed by atoms with Crippen LogP contribution in [0.2, 0.25) is 0 Å². The molecule has 9 heteroatoms. The molecule has 0 aliphatic heterocycles. The molecule has 1 atom stereocenters. The van der Waals surface area contributed by atoms with Crippen molar-refractivity contribution in [1.82, 2.24) is 20.7 Å². The van der Waals surface area contributed by atoms with Gasteiger partial charge in [0.25, 0.3) is 5.91 Å². The lowest BCUT2D eigenvalue weighted by Gasteiger charge is -2.22. The summed E-state index contributed by atoms with van der Waals surface area (Å²) < 4.78 is 5.23. The third kappa shape index (κ3) is 6.80. The van der Waals surface area contributed by atoms with Crippen LogP contribution in [0.15, 0.2) is 35.7 Å². The third-order valence-electron chi connectivity index (χ3n) is 3.53. The summed E-state index contributed by atoms with van der Waals surface area (Å²) >= 11 is 1.58. The van der Waals surface area contributed by atoms with Crippen molar-refractivity contribution in [2.45, 2.75) is 38.8 Å². The van der Waals surface area contributed by atoms with Crippen LogP contribution in [-0.2, 0) is 9.53 Å². The number of carbonyl (C=O) groups is 2. The van der Waals surface area contributed by atoms with Crippen molar-refractivity contribution in [2.75, 3.05) is 12.0 Å². The van der Waals surface area contributed by atoms with Crippen LogP contribution in [0.25, 0.3) is 11.0 Å². The molecule has 0 aliphatic rings. The number of ether oxygens (including phenoxy) is 1. The first kappa shape index (κ1) is 21.6. The molecule has 2 rings (SSSR count). The Kier molecular flexibility index (Phi) is 7.74. The van der Waals surface area contributed by atoms with Crippen LogP contribution < -0.4 is 10.7 Å². The molecule has 28 heavy (non-hydrogen) atoms. The normalized spacial score (nSPS) is 12.7. The summed E-state index contributed by atoms with van der Waals surface area (Å²) in [5, 5.41) is 6.61. The number of para-hydroxylation sites is 1. The van der Waals surface area contributed by atoms with E-state index in [0.717, 1.165) is 11.1 Å². The standard InChI is InChI=1S/C19H25N5O3S/c1-19(2,3)27-18(26)23-15(8-11-28-4)17(25)24-22-12-13-6-5-7-14-16(13)21-10-9-20-14/h5-7,9-10,12,15H,8,11H2,1-4H3,(H,23,26)(H,24,25)/b22-12-/t15-/m0/s1. The highest BCUT2D eigenvalue weighted by atomic mass is 32.2. The van der Waals surface area contributed by atoms with Crippen LogP contribution in [0.4, 0.5) is 4.79 Å². The molecule has 0 aliphatic carbocycles. The largest absolute Gasteiger partial charge is 0.444 e. The Labute approximate surface area is 168 Å². The lowest BCUT2D eigenvalue weighted by molar-refractivity contribution is -0.123. The first-order valence-electron chi connectivity index (χ1n) is 8.81. The van der Waals surface area contributed by atoms with E-state index in [1.165, 1.54) is 6.21 Å². The average molecular weight is 404 g/mol. The SMILES string of the molecule is CSCC[C@H](NC(=O)OC(C)(C)C)C(=O)N/N=C\c1cccc2nccnc12. The van der Waals surface area contributed by atoms with Gasteiger partial charge in [0.2, 0.25) is 0 Å². The van der Waals surface area contributed by atoms with Crippen molar-refractivity contribution in [3.05, 3.63) is 36.2 Å². The Hall–Kier alpha value is -2.68. The Morgan fingerprint density at radius 3 is 2.75 bits per heavy atom. The zero-order valence-electron chi connectivity index (χ0n) is 16.4. The molecule has 0 radical (unpaired) electrons. The van der Waals surface area contributed by atoms with Crippen LogP contribution in [-0.4, -0.2) is 51.8 Å². The minimum atomic E-state index is -0.744. The zero-order valence-corrected chi connectivity index (χ0v) is 17.2. The highest BCUT2D eigenvalue weighted by molar-refractivity contribution is 7.98. The van der Waals surface area contributed by atoms with Crippen molar-refractivity contribution in [3.8, 4) is 0 Å². The van der Waals surface area contributed by atoms with Gasteiger partial charge >= 0.3 is 6.09 Å². The van der Waals surface area contributed by atoms with Crippen molar-refractivity contribution in [2.24, 2.45) is 5.10 Å². The number of fused-ring (bicyclic) bond motifs is 1. The highest BCUT2D eigenvalue weighted by Gasteiger charge is 2.23. The minimum Gasteiger partial charge on any atom is -0.444 e. The Bertz CT molecular complexity index is 846. The molecule has 0 saturated carbocycles. The molecule has 2 N–H and O–H groups in total. The number of alkyl carbamates (subject to hydrolysis) is 1. The second-order valence-corrected chi connectivity index (χ2v) is 7.97. The molecule has 2 aromatic rings. The Morgan fingerprint density at radius 1 is 1.29 bits per heavy atom. The number of hydrogen-bond donors (Lipinski definition) is 2. The van der Waals surface area contributed by atoms with Crippen molar-refractivity contribution >= 4 is 41.0 Å². The number of hydrogen-bond acceptors (Lipinski definition) is 7. The number of nitrogens with one attached hydrogen (secondary N) is 2. The highest BCUT2D eigenvalue weighted by Crippen LogP contribution is 2.11. The molecule has 0 unspecified atom stereocenters. The van der Waals surface area contributed by atoms with Crippen LogP contribution in [0.5, 0.6) is 0 Å². The van der Waals surface area contributed by atoms with E-state index < -0.39 is 23.6 Å². The van der Waals surface area contributed by atoms with E-state index in [2.05, 4.69) is 25.8 Å². The number of nitrogens with zero attached hydrogens (tertiary/aromatic N) is 3. The molecular weight excluding hydrogens is 378 g/mol. The van der Waals surface area contributed by atoms with Gasteiger partial charge in [0.1, 0.15) is 11.6 Å². The Balaban J connectivity index is 2.03. The second-order valence-electron chi connectivity index (χ2n) is 6.99. The van der Waals surface area contributed by atoms with Gasteiger partial charge in [-0.15, -0.1) is 0 Å². The van der Waals surface area contributed by atoms with E-state index in [-0.39, 0.29) is 0 Å². The van der Waals surface area contributed by atoms with Crippen LogP contribution in [0.3, 0.4) is 0 Å². The number of carbonyl (C=O) groups excluding carboxylic acids is 2. The summed E-state index contributed by atoms with van der Waals surface area (Å²) in [7, 11) is 0. The maximum absolute atomic E-state index is 12.5. The fraction of sp³-hybridized carbons (Fsp3) is 0.421. The number of benzene rings is 1. The molecule has 2 amide bonds. The first-order chi connectivity index (χ1) is 13.3. The summed E-state index contributed by atoms with van der Waals surface area (Å²) in [6.45, 7) is 5.29. The number of amides is 2. The molecule has 1 aromatic carbocycles. The summed E-state index contributed by atoms with van der Waals surface area (Å²) in [6.07, 6.45) is 6.48. The van der Waals surface area contributed by atoms with Crippen LogP contribution in [0, 0.1) is 0 Å². The maximum Gasteiger partial charge on any atom is 0.408 e. The third-order valence-corrected chi connectivity index (χ3v) is 4.17. The topological polar surface area (TPSA) is 106 Å². The van der Waals surface area contributed by atoms with Crippen LogP contribution in [0.1, 0.15) is 32.8 Å². The maximum atomic E-state index is 12.5. The van der Waals surface area contributed by atoms with Gasteiger partial charge in [-0.2, -0.15) is 16.9 Å². The number of rotatable bonds is 7. The molecular formula is C19H25N5O3S. The van der Waals surface area contributed by atoms with Gasteiger partial charge in [-0.25, -0.2) is 10.2 Å². The molecule has 1 aromatic heterocycles. The van der Waals surface area contributed by atoms with Gasteiger partial charge in [-0.1, -0.05) is 12.1 Å². The Morgan fingerprint density at radius 2 is 2.04 bits per heavy atom. The second kappa shape index (κ2) is 10.0. The van der Waals surface area contributed by atoms with Gasteiger partial charge in [0.05, 0.1) is 17.2 Å². The van der Waals surface area contributed by atoms with E-state index in [0.29, 0.717) is 17.7 Å². The van der Waals surface area contributed by atoms with E-state index in [4.69, 9.17) is 4.74 Å². The predicted octanol–water partition coefficient (Wildman–Crippen LogP) is 2.73. The lowest BCUT2D eigenvalue weighted by Crippen LogP contribution is -2.47. The summed E-state index contributed by atoms with van der Waals surface area (Å²) in [4.78, 5) is 33.0. The van der Waals surface area contributed by atoms with Gasteiger partial charge in [-0.05, 0) is 45.3 Å². The minimum absolute atomic E-state index is 0.414. The zero-order chi connectivity index (χ0) is 20.6. The first-order valence-corrected chi connectivity index (χ1v) is 10.2. The quantitative estimate of drug-likeness (QED) is 0.544. The molecule has 0 saturated heterocycles. The van der Waals surface area contributed by atoms with Gasteiger partial charge in [-0.3, -0.25) is 14.8 Å². The fourth-order valence-corrected chi connectivity index (χ4v) is 2.79. The lowest BCUT2D eigenvalue weighted by atomic mass is 10.2. The van der Waals surface area contributed by atoms with Crippen molar-refractivity contribution in [1.29, 1.82) is 0 Å². The van der Waals surface area contributed by atoms with Crippen LogP contribution >= 0.6 is 11.8 Å². The summed E-state index contributed by atoms with van der Waals surface area (Å²) in [5.74, 6) is 0.291. The molecule has 0 spiro atoms. The smallest absolute Gasteiger partial charge is 0.408 e. The van der Waals surface area contributed by atoms with Crippen molar-refractivity contribution < 1.29 is 14.3 Å². The predicted molar refractivity (Wildman–Crippen MR) is 111 cm³/mol. The van der Waals surface area contributed by atoms with E-state index in [1.807, 2.05) is 24.5 Å². The fourth-order valence-electron chi connectivity index (χ4n) is 2.32. The van der Waals surface area contributed by atoms with E-state index in [1.54, 1.807) is 44.9 Å². The average Bonchev–Trinajstić information content (AvgIpc) is 2.63. The molecule has 0 bridgehead atoms. The van der Waals surface area contributed by atoms with Gasteiger partial charge < -0.3 is 10.1 Å². The van der Waals surface area contributed by atoms with Gasteiger partial charge in [0, 0.05) is 18.0 Å².